The molecular weight excluding hydrogens is 837 g/mol. The second-order valence-electron chi connectivity index (χ2n) is 15.9. The van der Waals surface area contributed by atoms with E-state index >= 15 is 8.78 Å². The minimum absolute atomic E-state index is 0.133. The van der Waals surface area contributed by atoms with E-state index in [-0.39, 0.29) is 41.5 Å². The lowest BCUT2D eigenvalue weighted by Gasteiger charge is -2.42. The van der Waals surface area contributed by atoms with Crippen LogP contribution in [0.3, 0.4) is 0 Å². The molecule has 3 aliphatic rings. The lowest BCUT2D eigenvalue weighted by atomic mass is 9.89. The number of carbonyl (C=O) groups excluding carboxylic acids is 2. The van der Waals surface area contributed by atoms with E-state index in [1.54, 1.807) is 37.5 Å². The van der Waals surface area contributed by atoms with Gasteiger partial charge in [0.25, 0.3) is 0 Å². The van der Waals surface area contributed by atoms with Gasteiger partial charge in [-0.25, -0.2) is 28.7 Å². The Morgan fingerprint density at radius 3 is 2.35 bits per heavy atom. The predicted molar refractivity (Wildman–Crippen MR) is 237 cm³/mol. The Kier molecular flexibility index (Phi) is 12.5. The van der Waals surface area contributed by atoms with Crippen molar-refractivity contribution in [3.63, 3.8) is 0 Å². The molecule has 326 valence electrons. The molecule has 0 radical (unpaired) electrons. The Morgan fingerprint density at radius 2 is 1.66 bits per heavy atom. The number of aromatic nitrogens is 4. The zero-order valence-corrected chi connectivity index (χ0v) is 36.4. The number of anilines is 5. The first-order valence-corrected chi connectivity index (χ1v) is 22.9. The maximum atomic E-state index is 16.2. The van der Waals surface area contributed by atoms with Crippen LogP contribution in [0, 0.1) is 12.7 Å². The number of hydrogen-bond acceptors (Lipinski definition) is 13. The number of halogens is 2. The number of nitrogens with one attached hydrogen (secondary N) is 3. The van der Waals surface area contributed by atoms with Crippen LogP contribution in [0.25, 0.3) is 21.8 Å². The summed E-state index contributed by atoms with van der Waals surface area (Å²) >= 11 is 1.34. The number of pyridine rings is 1. The van der Waals surface area contributed by atoms with Crippen molar-refractivity contribution in [3.05, 3.63) is 89.4 Å². The summed E-state index contributed by atoms with van der Waals surface area (Å²) in [7, 11) is -2.54. The van der Waals surface area contributed by atoms with Crippen molar-refractivity contribution in [2.45, 2.75) is 51.1 Å². The number of piperidine rings is 2. The van der Waals surface area contributed by atoms with Crippen molar-refractivity contribution in [3.8, 4) is 21.8 Å². The topological polar surface area (TPSA) is 169 Å². The summed E-state index contributed by atoms with van der Waals surface area (Å²) in [6.07, 6.45) is 5.11. The first kappa shape index (κ1) is 43.0. The van der Waals surface area contributed by atoms with Crippen molar-refractivity contribution in [2.75, 3.05) is 79.2 Å². The first-order chi connectivity index (χ1) is 29.8. The van der Waals surface area contributed by atoms with Crippen LogP contribution in [-0.4, -0.2) is 114 Å². The van der Waals surface area contributed by atoms with E-state index in [2.05, 4.69) is 45.0 Å². The molecule has 0 aliphatic carbocycles. The van der Waals surface area contributed by atoms with E-state index in [0.717, 1.165) is 47.4 Å². The molecule has 2 aromatic carbocycles. The summed E-state index contributed by atoms with van der Waals surface area (Å²) in [5.74, 6) is -0.729. The lowest BCUT2D eigenvalue weighted by molar-refractivity contribution is -0.134. The number of hydrogen-bond donors (Lipinski definition) is 3. The van der Waals surface area contributed by atoms with Crippen molar-refractivity contribution < 1.29 is 26.8 Å². The van der Waals surface area contributed by atoms with Gasteiger partial charge in [-0.1, -0.05) is 25.1 Å². The fourth-order valence-corrected chi connectivity index (χ4v) is 9.92. The molecule has 6 heterocycles. The molecule has 5 aromatic rings. The lowest BCUT2D eigenvalue weighted by Crippen LogP contribution is -2.53. The standard InChI is InChI=1S/C43H49F2N11O4S2/c1-4-53(3)62(59,60)52-34-7-5-6-33(38(34)44)39-40(61-28(2)48-39)35-16-19-46-42(49-35)50-36-14-12-31(26-47-36)56-24-22-54(23-25-56)27-43(45)17-20-55(21-18-43)30-10-8-29(9-11-30)32-13-15-37(57)51-41(32)58/h5-12,14,16,19,26,32,52H,4,13,15,17-18,20-25,27H2,1-3H3,(H,51,57,58)(H,46,47,49,50)/t32-/m0/s1. The molecule has 8 rings (SSSR count). The molecule has 3 fully saturated rings. The van der Waals surface area contributed by atoms with Crippen LogP contribution in [0.15, 0.2) is 73.1 Å². The zero-order chi connectivity index (χ0) is 43.6. The fraction of sp³-hybridized carbons (Fsp3) is 0.395. The van der Waals surface area contributed by atoms with Crippen molar-refractivity contribution >= 4 is 62.2 Å². The van der Waals surface area contributed by atoms with Crippen molar-refractivity contribution in [2.24, 2.45) is 0 Å². The average molecular weight is 886 g/mol. The molecule has 1 atom stereocenters. The minimum atomic E-state index is -3.95. The number of rotatable bonds is 13. The highest BCUT2D eigenvalue weighted by atomic mass is 32.2. The average Bonchev–Trinajstić information content (AvgIpc) is 3.66. The van der Waals surface area contributed by atoms with E-state index in [1.165, 1.54) is 24.5 Å². The molecule has 0 bridgehead atoms. The molecule has 62 heavy (non-hydrogen) atoms. The molecular formula is C43H49F2N11O4S2. The summed E-state index contributed by atoms with van der Waals surface area (Å²) < 4.78 is 60.8. The van der Waals surface area contributed by atoms with Crippen LogP contribution < -0.4 is 25.2 Å². The Hall–Kier alpha value is -5.63. The maximum Gasteiger partial charge on any atom is 0.301 e. The van der Waals surface area contributed by atoms with E-state index in [1.807, 2.05) is 43.3 Å². The molecule has 0 unspecified atom stereocenters. The van der Waals surface area contributed by atoms with Gasteiger partial charge in [0.1, 0.15) is 11.5 Å². The number of alkyl halides is 1. The van der Waals surface area contributed by atoms with E-state index in [0.29, 0.717) is 72.4 Å². The van der Waals surface area contributed by atoms with Crippen molar-refractivity contribution in [1.29, 1.82) is 0 Å². The largest absolute Gasteiger partial charge is 0.371 e. The molecule has 2 amide bonds. The number of aryl methyl sites for hydroxylation is 1. The molecule has 15 nitrogen and oxygen atoms in total. The third-order valence-corrected chi connectivity index (χ3v) is 14.3. The highest BCUT2D eigenvalue weighted by molar-refractivity contribution is 7.90. The van der Waals surface area contributed by atoms with Gasteiger partial charge < -0.3 is 15.1 Å². The Bertz CT molecular complexity index is 2530. The summed E-state index contributed by atoms with van der Waals surface area (Å²) in [5.41, 5.74) is 2.38. The van der Waals surface area contributed by atoms with Gasteiger partial charge in [-0.05, 0) is 61.4 Å². The quantitative estimate of drug-likeness (QED) is 0.116. The SMILES string of the molecule is CCN(C)S(=O)(=O)Nc1cccc(-c2nc(C)sc2-c2ccnc(Nc3ccc(N4CCN(CC5(F)CCN(c6ccc([C@@H]7CCC(=O)NC7=O)cc6)CC5)CC4)cn3)n2)c1F. The number of amides is 2. The van der Waals surface area contributed by atoms with E-state index < -0.39 is 21.7 Å². The molecule has 0 saturated carbocycles. The smallest absolute Gasteiger partial charge is 0.301 e. The van der Waals surface area contributed by atoms with Crippen LogP contribution in [0.4, 0.5) is 37.6 Å². The fourth-order valence-electron chi connectivity index (χ4n) is 8.09. The summed E-state index contributed by atoms with van der Waals surface area (Å²) in [5, 5.41) is 6.26. The second kappa shape index (κ2) is 18.0. The Labute approximate surface area is 363 Å². The van der Waals surface area contributed by atoms with Crippen molar-refractivity contribution in [1.82, 2.24) is 34.5 Å². The predicted octanol–water partition coefficient (Wildman–Crippen LogP) is 6.11. The maximum absolute atomic E-state index is 16.2. The van der Waals surface area contributed by atoms with Gasteiger partial charge in [0.2, 0.25) is 17.8 Å². The minimum Gasteiger partial charge on any atom is -0.371 e. The van der Waals surface area contributed by atoms with Crippen LogP contribution >= 0.6 is 11.3 Å². The summed E-state index contributed by atoms with van der Waals surface area (Å²) in [4.78, 5) is 49.4. The molecule has 3 saturated heterocycles. The normalized spacial score (nSPS) is 18.5. The Balaban J connectivity index is 0.839. The van der Waals surface area contributed by atoms with Gasteiger partial charge in [-0.2, -0.15) is 12.7 Å². The van der Waals surface area contributed by atoms with Gasteiger partial charge in [-0.3, -0.25) is 24.5 Å². The second-order valence-corrected chi connectivity index (χ2v) is 18.9. The van der Waals surface area contributed by atoms with Gasteiger partial charge >= 0.3 is 10.2 Å². The monoisotopic (exact) mass is 885 g/mol. The first-order valence-electron chi connectivity index (χ1n) is 20.7. The van der Waals surface area contributed by atoms with Gasteiger partial charge in [-0.15, -0.1) is 11.3 Å². The number of benzene rings is 2. The molecule has 3 N–H and O–H groups in total. The number of carbonyl (C=O) groups is 2. The zero-order valence-electron chi connectivity index (χ0n) is 34.8. The number of piperazine rings is 1. The van der Waals surface area contributed by atoms with Crippen LogP contribution in [0.1, 0.15) is 49.1 Å². The van der Waals surface area contributed by atoms with Crippen LogP contribution in [0.5, 0.6) is 0 Å². The third-order valence-electron chi connectivity index (χ3n) is 11.8. The summed E-state index contributed by atoms with van der Waals surface area (Å²) in [6.45, 7) is 8.28. The Morgan fingerprint density at radius 1 is 0.935 bits per heavy atom. The number of nitrogens with zero attached hydrogens (tertiary/aromatic N) is 8. The van der Waals surface area contributed by atoms with Gasteiger partial charge in [0.15, 0.2) is 5.82 Å². The van der Waals surface area contributed by atoms with Crippen LogP contribution in [0.2, 0.25) is 0 Å². The third kappa shape index (κ3) is 9.55. The highest BCUT2D eigenvalue weighted by Gasteiger charge is 2.37. The summed E-state index contributed by atoms with van der Waals surface area (Å²) in [6, 6.07) is 17.9. The highest BCUT2D eigenvalue weighted by Crippen LogP contribution is 2.39. The number of thiazole rings is 1. The van der Waals surface area contributed by atoms with E-state index in [9.17, 15) is 18.0 Å². The van der Waals surface area contributed by atoms with Gasteiger partial charge in [0.05, 0.1) is 44.8 Å². The van der Waals surface area contributed by atoms with Crippen LogP contribution in [-0.2, 0) is 19.8 Å². The van der Waals surface area contributed by atoms with E-state index in [4.69, 9.17) is 4.98 Å². The van der Waals surface area contributed by atoms with Gasteiger partial charge in [0, 0.05) is 96.1 Å². The molecule has 0 spiro atoms. The molecule has 3 aromatic heterocycles. The number of imide groups is 1. The molecule has 19 heteroatoms. The molecule has 3 aliphatic heterocycles.